The lowest BCUT2D eigenvalue weighted by Crippen LogP contribution is -2.65. The van der Waals surface area contributed by atoms with Crippen molar-refractivity contribution in [3.8, 4) is 0 Å². The van der Waals surface area contributed by atoms with Crippen LogP contribution in [-0.4, -0.2) is 78.3 Å². The fourth-order valence-corrected chi connectivity index (χ4v) is 3.38. The summed E-state index contributed by atoms with van der Waals surface area (Å²) in [7, 11) is 0. The zero-order chi connectivity index (χ0) is 19.3. The standard InChI is InChI=1S/C17H27NO8/c1-10(19)23-9-13-15(24-11(2)20)16(25-12(3)21)14(22)17(26-13)18-7-5-4-6-8-18/h13-17,22H,4-9H2,1-3H3/t13-,14-,15-,16-,17-/m1/s1. The van der Waals surface area contributed by atoms with E-state index in [2.05, 4.69) is 0 Å². The third-order valence-corrected chi connectivity index (χ3v) is 4.44. The van der Waals surface area contributed by atoms with Gasteiger partial charge in [0.15, 0.2) is 12.2 Å². The minimum absolute atomic E-state index is 0.178. The number of carbonyl (C=O) groups is 3. The normalized spacial score (nSPS) is 32.5. The van der Waals surface area contributed by atoms with Gasteiger partial charge in [-0.15, -0.1) is 0 Å². The van der Waals surface area contributed by atoms with Crippen molar-refractivity contribution < 1.29 is 38.4 Å². The van der Waals surface area contributed by atoms with E-state index in [-0.39, 0.29) is 6.61 Å². The summed E-state index contributed by atoms with van der Waals surface area (Å²) >= 11 is 0. The van der Waals surface area contributed by atoms with E-state index in [0.29, 0.717) is 0 Å². The molecule has 0 saturated carbocycles. The number of rotatable bonds is 5. The molecule has 26 heavy (non-hydrogen) atoms. The lowest BCUT2D eigenvalue weighted by molar-refractivity contribution is -0.276. The average molecular weight is 373 g/mol. The second-order valence-corrected chi connectivity index (χ2v) is 6.60. The molecule has 0 aromatic carbocycles. The van der Waals surface area contributed by atoms with Crippen molar-refractivity contribution in [2.45, 2.75) is 70.7 Å². The molecule has 0 radical (unpaired) electrons. The first-order chi connectivity index (χ1) is 12.3. The molecule has 0 aromatic rings. The molecule has 0 amide bonds. The second kappa shape index (κ2) is 9.29. The maximum Gasteiger partial charge on any atom is 0.303 e. The highest BCUT2D eigenvalue weighted by atomic mass is 16.6. The summed E-state index contributed by atoms with van der Waals surface area (Å²) in [5.41, 5.74) is 0. The Morgan fingerprint density at radius 3 is 2.08 bits per heavy atom. The first kappa shape index (κ1) is 20.6. The minimum Gasteiger partial charge on any atom is -0.463 e. The zero-order valence-corrected chi connectivity index (χ0v) is 15.4. The molecule has 1 N–H and O–H groups in total. The summed E-state index contributed by atoms with van der Waals surface area (Å²) < 4.78 is 21.5. The summed E-state index contributed by atoms with van der Waals surface area (Å²) in [6.07, 6.45) is -1.96. The SMILES string of the molecule is CC(=O)OC[C@H]1O[C@@H](N2CCCCC2)[C@H](O)[C@@H](OC(C)=O)[C@@H]1OC(C)=O. The first-order valence-electron chi connectivity index (χ1n) is 8.85. The Morgan fingerprint density at radius 1 is 0.962 bits per heavy atom. The zero-order valence-electron chi connectivity index (χ0n) is 15.4. The molecule has 0 aliphatic carbocycles. The molecule has 2 heterocycles. The van der Waals surface area contributed by atoms with Crippen LogP contribution in [0.25, 0.3) is 0 Å². The van der Waals surface area contributed by atoms with Gasteiger partial charge in [0.1, 0.15) is 25.0 Å². The summed E-state index contributed by atoms with van der Waals surface area (Å²) in [5.74, 6) is -1.75. The lowest BCUT2D eigenvalue weighted by atomic mass is 9.96. The number of piperidine rings is 1. The van der Waals surface area contributed by atoms with E-state index in [1.165, 1.54) is 20.8 Å². The van der Waals surface area contributed by atoms with E-state index in [4.69, 9.17) is 18.9 Å². The molecule has 2 aliphatic heterocycles. The Kier molecular flexibility index (Phi) is 7.36. The number of nitrogens with zero attached hydrogens (tertiary/aromatic N) is 1. The van der Waals surface area contributed by atoms with Gasteiger partial charge in [0, 0.05) is 33.9 Å². The molecule has 2 rings (SSSR count). The largest absolute Gasteiger partial charge is 0.463 e. The third kappa shape index (κ3) is 5.39. The van der Waals surface area contributed by atoms with Crippen LogP contribution in [0.3, 0.4) is 0 Å². The number of aliphatic hydroxyl groups excluding tert-OH is 1. The fourth-order valence-electron chi connectivity index (χ4n) is 3.38. The molecule has 5 atom stereocenters. The van der Waals surface area contributed by atoms with E-state index in [1.807, 2.05) is 4.90 Å². The molecule has 2 fully saturated rings. The van der Waals surface area contributed by atoms with E-state index < -0.39 is 48.6 Å². The smallest absolute Gasteiger partial charge is 0.303 e. The number of ether oxygens (including phenoxy) is 4. The van der Waals surface area contributed by atoms with Crippen LogP contribution in [0.1, 0.15) is 40.0 Å². The Hall–Kier alpha value is -1.71. The molecule has 2 aliphatic rings. The van der Waals surface area contributed by atoms with Gasteiger partial charge >= 0.3 is 17.9 Å². The molecule has 0 aromatic heterocycles. The van der Waals surface area contributed by atoms with Crippen LogP contribution in [0, 0.1) is 0 Å². The summed E-state index contributed by atoms with van der Waals surface area (Å²) in [5, 5.41) is 10.8. The van der Waals surface area contributed by atoms with Gasteiger partial charge in [-0.05, 0) is 12.8 Å². The van der Waals surface area contributed by atoms with Crippen LogP contribution in [0.2, 0.25) is 0 Å². The number of carbonyl (C=O) groups excluding carboxylic acids is 3. The van der Waals surface area contributed by atoms with E-state index in [0.717, 1.165) is 32.4 Å². The Labute approximate surface area is 152 Å². The first-order valence-corrected chi connectivity index (χ1v) is 8.85. The van der Waals surface area contributed by atoms with Gasteiger partial charge in [-0.1, -0.05) is 6.42 Å². The van der Waals surface area contributed by atoms with Crippen molar-refractivity contribution in [2.24, 2.45) is 0 Å². The number of aliphatic hydroxyl groups is 1. The molecule has 9 nitrogen and oxygen atoms in total. The van der Waals surface area contributed by atoms with Gasteiger partial charge in [-0.2, -0.15) is 0 Å². The van der Waals surface area contributed by atoms with Crippen molar-refractivity contribution >= 4 is 17.9 Å². The monoisotopic (exact) mass is 373 g/mol. The number of hydrogen-bond acceptors (Lipinski definition) is 9. The van der Waals surface area contributed by atoms with Gasteiger partial charge < -0.3 is 24.1 Å². The van der Waals surface area contributed by atoms with Gasteiger partial charge in [-0.3, -0.25) is 19.3 Å². The van der Waals surface area contributed by atoms with Crippen molar-refractivity contribution in [2.75, 3.05) is 19.7 Å². The molecule has 0 bridgehead atoms. The van der Waals surface area contributed by atoms with Crippen LogP contribution >= 0.6 is 0 Å². The molecule has 0 unspecified atom stereocenters. The summed E-state index contributed by atoms with van der Waals surface area (Å²) in [4.78, 5) is 36.2. The van der Waals surface area contributed by atoms with Crippen LogP contribution in [0.5, 0.6) is 0 Å². The third-order valence-electron chi connectivity index (χ3n) is 4.44. The van der Waals surface area contributed by atoms with Gasteiger partial charge in [0.2, 0.25) is 0 Å². The summed E-state index contributed by atoms with van der Waals surface area (Å²) in [6, 6.07) is 0. The van der Waals surface area contributed by atoms with Crippen LogP contribution in [0.15, 0.2) is 0 Å². The molecular formula is C17H27NO8. The molecule has 0 spiro atoms. The van der Waals surface area contributed by atoms with Crippen molar-refractivity contribution in [1.82, 2.24) is 4.90 Å². The molecule has 9 heteroatoms. The number of hydrogen-bond donors (Lipinski definition) is 1. The molecule has 2 saturated heterocycles. The Balaban J connectivity index is 2.25. The second-order valence-electron chi connectivity index (χ2n) is 6.60. The fraction of sp³-hybridized carbons (Fsp3) is 0.824. The average Bonchev–Trinajstić information content (AvgIpc) is 2.57. The number of esters is 3. The topological polar surface area (TPSA) is 112 Å². The van der Waals surface area contributed by atoms with Gasteiger partial charge in [-0.25, -0.2) is 0 Å². The van der Waals surface area contributed by atoms with Gasteiger partial charge in [0.05, 0.1) is 0 Å². The quantitative estimate of drug-likeness (QED) is 0.525. The van der Waals surface area contributed by atoms with Crippen LogP contribution in [-0.2, 0) is 33.3 Å². The van der Waals surface area contributed by atoms with E-state index in [9.17, 15) is 19.5 Å². The Morgan fingerprint density at radius 2 is 1.54 bits per heavy atom. The maximum absolute atomic E-state index is 11.5. The predicted octanol–water partition coefficient (Wildman–Crippen LogP) is -0.0154. The highest BCUT2D eigenvalue weighted by molar-refractivity contribution is 5.67. The van der Waals surface area contributed by atoms with Crippen molar-refractivity contribution in [1.29, 1.82) is 0 Å². The van der Waals surface area contributed by atoms with Crippen molar-refractivity contribution in [3.63, 3.8) is 0 Å². The van der Waals surface area contributed by atoms with Gasteiger partial charge in [0.25, 0.3) is 0 Å². The highest BCUT2D eigenvalue weighted by Crippen LogP contribution is 2.30. The van der Waals surface area contributed by atoms with Crippen LogP contribution in [0.4, 0.5) is 0 Å². The number of likely N-dealkylation sites (tertiary alicyclic amines) is 1. The van der Waals surface area contributed by atoms with E-state index in [1.54, 1.807) is 0 Å². The van der Waals surface area contributed by atoms with Crippen molar-refractivity contribution in [3.05, 3.63) is 0 Å². The van der Waals surface area contributed by atoms with E-state index >= 15 is 0 Å². The molecule has 148 valence electrons. The highest BCUT2D eigenvalue weighted by Gasteiger charge is 2.51. The maximum atomic E-state index is 11.5. The summed E-state index contributed by atoms with van der Waals surface area (Å²) in [6.45, 7) is 4.95. The Bertz CT molecular complexity index is 519. The lowest BCUT2D eigenvalue weighted by Gasteiger charge is -2.47. The molecular weight excluding hydrogens is 346 g/mol. The minimum atomic E-state index is -1.20. The van der Waals surface area contributed by atoms with Crippen LogP contribution < -0.4 is 0 Å². The predicted molar refractivity (Wildman–Crippen MR) is 87.8 cm³/mol.